The highest BCUT2D eigenvalue weighted by Crippen LogP contribution is 2.32. The minimum Gasteiger partial charge on any atom is -0.496 e. The van der Waals surface area contributed by atoms with Gasteiger partial charge < -0.3 is 14.5 Å². The Balaban J connectivity index is 2.01. The van der Waals surface area contributed by atoms with Gasteiger partial charge in [0.1, 0.15) is 17.5 Å². The first-order valence-corrected chi connectivity index (χ1v) is 8.17. The van der Waals surface area contributed by atoms with Gasteiger partial charge in [-0.15, -0.1) is 0 Å². The predicted molar refractivity (Wildman–Crippen MR) is 93.3 cm³/mol. The average molecular weight is 342 g/mol. The molecule has 0 radical (unpaired) electrons. The highest BCUT2D eigenvalue weighted by Gasteiger charge is 2.34. The number of hydrogen-bond acceptors (Lipinski definition) is 4. The zero-order chi connectivity index (χ0) is 18.1. The van der Waals surface area contributed by atoms with Gasteiger partial charge in [0.15, 0.2) is 0 Å². The third kappa shape index (κ3) is 2.97. The number of carbonyl (C=O) groups is 2. The second-order valence-electron chi connectivity index (χ2n) is 6.20. The van der Waals surface area contributed by atoms with Crippen LogP contribution in [0.5, 0.6) is 5.75 Å². The van der Waals surface area contributed by atoms with Gasteiger partial charge in [-0.05, 0) is 19.1 Å². The lowest BCUT2D eigenvalue weighted by Crippen LogP contribution is -2.56. The topological polar surface area (TPSA) is 67.7 Å². The second kappa shape index (κ2) is 6.58. The minimum atomic E-state index is -0.489. The van der Waals surface area contributed by atoms with Crippen LogP contribution in [0.1, 0.15) is 17.3 Å². The van der Waals surface area contributed by atoms with Crippen molar-refractivity contribution in [3.05, 3.63) is 36.0 Å². The van der Waals surface area contributed by atoms with E-state index < -0.39 is 6.04 Å². The molecule has 0 N–H and O–H groups in total. The van der Waals surface area contributed by atoms with E-state index in [0.717, 1.165) is 5.56 Å². The molecule has 1 fully saturated rings. The van der Waals surface area contributed by atoms with E-state index in [9.17, 15) is 9.59 Å². The van der Waals surface area contributed by atoms with Crippen molar-refractivity contribution in [2.45, 2.75) is 13.0 Å². The molecular weight excluding hydrogens is 320 g/mol. The quantitative estimate of drug-likeness (QED) is 0.846. The van der Waals surface area contributed by atoms with Crippen LogP contribution in [0.15, 0.2) is 30.5 Å². The summed E-state index contributed by atoms with van der Waals surface area (Å²) in [5.41, 5.74) is 1.78. The van der Waals surface area contributed by atoms with Crippen molar-refractivity contribution < 1.29 is 14.3 Å². The van der Waals surface area contributed by atoms with Crippen LogP contribution in [0.2, 0.25) is 0 Å². The van der Waals surface area contributed by atoms with Gasteiger partial charge in [-0.3, -0.25) is 14.3 Å². The summed E-state index contributed by atoms with van der Waals surface area (Å²) in [5.74, 6) is 0.406. The molecule has 7 heteroatoms. The lowest BCUT2D eigenvalue weighted by atomic mass is 10.0. The molecule has 25 heavy (non-hydrogen) atoms. The Bertz CT molecular complexity index is 814. The molecule has 1 saturated heterocycles. The molecule has 1 aromatic carbocycles. The van der Waals surface area contributed by atoms with Gasteiger partial charge in [0.25, 0.3) is 5.91 Å². The molecule has 0 saturated carbocycles. The van der Waals surface area contributed by atoms with E-state index in [0.29, 0.717) is 30.1 Å². The standard InChI is InChI=1S/C18H22N4O3/c1-12-17(23)20(2)9-10-22(12)18(24)14-11-21(3)19-16(14)13-7-5-6-8-15(13)25-4/h5-8,11-12H,9-10H2,1-4H3. The molecule has 132 valence electrons. The highest BCUT2D eigenvalue weighted by molar-refractivity contribution is 6.02. The molecule has 2 heterocycles. The highest BCUT2D eigenvalue weighted by atomic mass is 16.5. The van der Waals surface area contributed by atoms with Crippen LogP contribution in [0.4, 0.5) is 0 Å². The van der Waals surface area contributed by atoms with Gasteiger partial charge in [0, 0.05) is 38.9 Å². The molecule has 1 aliphatic rings. The number of benzene rings is 1. The molecule has 2 aromatic rings. The number of nitrogens with zero attached hydrogens (tertiary/aromatic N) is 4. The molecule has 2 amide bonds. The average Bonchev–Trinajstić information content (AvgIpc) is 3.01. The molecule has 1 aromatic heterocycles. The second-order valence-corrected chi connectivity index (χ2v) is 6.20. The summed E-state index contributed by atoms with van der Waals surface area (Å²) in [6.45, 7) is 2.79. The van der Waals surface area contributed by atoms with E-state index in [-0.39, 0.29) is 11.8 Å². The smallest absolute Gasteiger partial charge is 0.258 e. The van der Waals surface area contributed by atoms with Gasteiger partial charge >= 0.3 is 0 Å². The zero-order valence-electron chi connectivity index (χ0n) is 14.9. The first kappa shape index (κ1) is 17.0. The molecule has 0 aliphatic carbocycles. The van der Waals surface area contributed by atoms with Crippen LogP contribution < -0.4 is 4.74 Å². The Morgan fingerprint density at radius 3 is 2.68 bits per heavy atom. The number of rotatable bonds is 3. The third-order valence-electron chi connectivity index (χ3n) is 4.56. The van der Waals surface area contributed by atoms with Crippen molar-refractivity contribution in [2.75, 3.05) is 27.2 Å². The van der Waals surface area contributed by atoms with E-state index >= 15 is 0 Å². The van der Waals surface area contributed by atoms with Crippen molar-refractivity contribution >= 4 is 11.8 Å². The molecule has 0 spiro atoms. The van der Waals surface area contributed by atoms with Gasteiger partial charge in [-0.25, -0.2) is 0 Å². The van der Waals surface area contributed by atoms with E-state index in [1.54, 1.807) is 48.8 Å². The largest absolute Gasteiger partial charge is 0.496 e. The maximum atomic E-state index is 13.1. The monoisotopic (exact) mass is 342 g/mol. The van der Waals surface area contributed by atoms with Crippen LogP contribution in [0, 0.1) is 0 Å². The van der Waals surface area contributed by atoms with Crippen LogP contribution in [-0.4, -0.2) is 64.7 Å². The van der Waals surface area contributed by atoms with E-state index in [4.69, 9.17) is 4.74 Å². The molecule has 7 nitrogen and oxygen atoms in total. The number of hydrogen-bond donors (Lipinski definition) is 0. The van der Waals surface area contributed by atoms with Gasteiger partial charge in [0.2, 0.25) is 5.91 Å². The first-order chi connectivity index (χ1) is 11.9. The lowest BCUT2D eigenvalue weighted by Gasteiger charge is -2.37. The summed E-state index contributed by atoms with van der Waals surface area (Å²) in [5, 5.41) is 4.46. The van der Waals surface area contributed by atoms with Crippen LogP contribution in [-0.2, 0) is 11.8 Å². The van der Waals surface area contributed by atoms with E-state index in [2.05, 4.69) is 5.10 Å². The maximum absolute atomic E-state index is 13.1. The molecule has 3 rings (SSSR count). The van der Waals surface area contributed by atoms with Gasteiger partial charge in [-0.2, -0.15) is 5.10 Å². The van der Waals surface area contributed by atoms with Crippen LogP contribution in [0.3, 0.4) is 0 Å². The Hall–Kier alpha value is -2.83. The summed E-state index contributed by atoms with van der Waals surface area (Å²) in [6.07, 6.45) is 1.69. The first-order valence-electron chi connectivity index (χ1n) is 8.17. The Labute approximate surface area is 146 Å². The number of piperazine rings is 1. The molecular formula is C18H22N4O3. The summed E-state index contributed by atoms with van der Waals surface area (Å²) in [4.78, 5) is 28.6. The maximum Gasteiger partial charge on any atom is 0.258 e. The minimum absolute atomic E-state index is 0.0534. The third-order valence-corrected chi connectivity index (χ3v) is 4.56. The van der Waals surface area contributed by atoms with Crippen molar-refractivity contribution in [1.82, 2.24) is 19.6 Å². The zero-order valence-corrected chi connectivity index (χ0v) is 14.9. The summed E-state index contributed by atoms with van der Waals surface area (Å²) in [6, 6.07) is 6.96. The Morgan fingerprint density at radius 2 is 1.96 bits per heavy atom. The van der Waals surface area contributed by atoms with Crippen molar-refractivity contribution in [2.24, 2.45) is 7.05 Å². The number of aryl methyl sites for hydroxylation is 1. The SMILES string of the molecule is COc1ccccc1-c1nn(C)cc1C(=O)N1CCN(C)C(=O)C1C. The number of likely N-dealkylation sites (N-methyl/N-ethyl adjacent to an activating group) is 1. The summed E-state index contributed by atoms with van der Waals surface area (Å²) in [7, 11) is 5.11. The number of amides is 2. The van der Waals surface area contributed by atoms with Crippen molar-refractivity contribution in [3.63, 3.8) is 0 Å². The van der Waals surface area contributed by atoms with E-state index in [1.165, 1.54) is 0 Å². The number of aromatic nitrogens is 2. The summed E-state index contributed by atoms with van der Waals surface area (Å²) < 4.78 is 7.02. The fourth-order valence-electron chi connectivity index (χ4n) is 3.13. The number of carbonyl (C=O) groups excluding carboxylic acids is 2. The summed E-state index contributed by atoms with van der Waals surface area (Å²) >= 11 is 0. The predicted octanol–water partition coefficient (Wildman–Crippen LogP) is 1.40. The molecule has 1 aliphatic heterocycles. The fraction of sp³-hybridized carbons (Fsp3) is 0.389. The number of methoxy groups -OCH3 is 1. The van der Waals surface area contributed by atoms with Crippen molar-refractivity contribution in [1.29, 1.82) is 0 Å². The number of para-hydroxylation sites is 1. The number of ether oxygens (including phenoxy) is 1. The van der Waals surface area contributed by atoms with Gasteiger partial charge in [-0.1, -0.05) is 12.1 Å². The van der Waals surface area contributed by atoms with Crippen molar-refractivity contribution in [3.8, 4) is 17.0 Å². The van der Waals surface area contributed by atoms with E-state index in [1.807, 2.05) is 24.3 Å². The molecule has 1 unspecified atom stereocenters. The van der Waals surface area contributed by atoms with Gasteiger partial charge in [0.05, 0.1) is 12.7 Å². The molecule has 1 atom stereocenters. The molecule has 0 bridgehead atoms. The van der Waals surface area contributed by atoms with Crippen LogP contribution in [0.25, 0.3) is 11.3 Å². The Morgan fingerprint density at radius 1 is 1.24 bits per heavy atom. The van der Waals surface area contributed by atoms with Crippen LogP contribution >= 0.6 is 0 Å². The normalized spacial score (nSPS) is 17.8. The fourth-order valence-corrected chi connectivity index (χ4v) is 3.13. The Kier molecular flexibility index (Phi) is 4.48. The lowest BCUT2D eigenvalue weighted by molar-refractivity contribution is -0.137.